The van der Waals surface area contributed by atoms with E-state index < -0.39 is 5.09 Å². The van der Waals surface area contributed by atoms with Crippen molar-refractivity contribution in [2.75, 3.05) is 0 Å². The first-order chi connectivity index (χ1) is 1.73. The van der Waals surface area contributed by atoms with E-state index in [1.54, 1.807) is 0 Å². The van der Waals surface area contributed by atoms with Gasteiger partial charge in [0, 0.05) is 0 Å². The Kier molecular flexibility index (Phi) is 7.55. The van der Waals surface area contributed by atoms with E-state index in [2.05, 4.69) is 0 Å². The predicted octanol–water partition coefficient (Wildman–Crippen LogP) is -1.42. The molecule has 0 aromatic heterocycles. The van der Waals surface area contributed by atoms with Crippen LogP contribution < -0.4 is 0 Å². The third-order valence-corrected chi connectivity index (χ3v) is 0. The fourth-order valence-electron chi connectivity index (χ4n) is 0. The van der Waals surface area contributed by atoms with Crippen molar-refractivity contribution in [1.29, 1.82) is 0 Å². The molecular weight excluding hydrogens is 299 g/mol. The molecule has 0 atom stereocenters. The van der Waals surface area contributed by atoms with Crippen LogP contribution in [0.25, 0.3) is 0 Å². The van der Waals surface area contributed by atoms with Crippen LogP contribution in [-0.4, -0.2) is 10.3 Å². The third-order valence-electron chi connectivity index (χ3n) is 0. The van der Waals surface area contributed by atoms with Crippen LogP contribution in [0.4, 0.5) is 0 Å². The topological polar surface area (TPSA) is 63.4 Å². The van der Waals surface area contributed by atoms with Crippen molar-refractivity contribution in [3.8, 4) is 0 Å². The molecule has 0 aliphatic heterocycles. The summed E-state index contributed by atoms with van der Waals surface area (Å²) in [4.78, 5) is 8.36. The Labute approximate surface area is 50.6 Å². The summed E-state index contributed by atoms with van der Waals surface area (Å²) in [5, 5.41) is 13.6. The monoisotopic (exact) mass is 303 g/mol. The zero-order valence-corrected chi connectivity index (χ0v) is 11.0. The van der Waals surface area contributed by atoms with Gasteiger partial charge in [0.05, 0.1) is 0 Å². The summed E-state index contributed by atoms with van der Waals surface area (Å²) in [5.74, 6) is 0. The Morgan fingerprint density at radius 1 is 1.80 bits per heavy atom. The molecule has 0 bridgehead atoms. The van der Waals surface area contributed by atoms with Gasteiger partial charge >= 0.3 is 29.9 Å². The quantitative estimate of drug-likeness (QED) is 0.441. The Bertz CT molecular complexity index is 29.9. The van der Waals surface area contributed by atoms with Gasteiger partial charge in [-0.1, -0.05) is 0 Å². The molecule has 33 valence electrons. The van der Waals surface area contributed by atoms with E-state index in [1.165, 1.54) is 0 Å². The van der Waals surface area contributed by atoms with E-state index >= 15 is 0 Å². The van der Waals surface area contributed by atoms with Crippen LogP contribution in [0.5, 0.6) is 0 Å². The zero-order valence-electron chi connectivity index (χ0n) is 2.71. The molecule has 5 heteroatoms. The van der Waals surface area contributed by atoms with Gasteiger partial charge in [0.1, 0.15) is 0 Å². The molecule has 0 aliphatic rings. The molecule has 0 aromatic carbocycles. The van der Waals surface area contributed by atoms with Crippen LogP contribution in [0.3, 0.4) is 0 Å². The Balaban J connectivity index is 0. The standard InChI is InChI=1S/HNO3.Np.4H/c2-1(3)4;;;;;/h(H,2,3,4);;;;;. The summed E-state index contributed by atoms with van der Waals surface area (Å²) in [6, 6.07) is 0. The number of hydrogen-bond donors (Lipinski definition) is 1. The maximum atomic E-state index is 8.36. The molecule has 1 N–H and O–H groups in total. The Morgan fingerprint density at radius 2 is 1.80 bits per heavy atom. The predicted molar refractivity (Wildman–Crippen MR) is 14.4 cm³/mol. The fraction of sp³-hybridized carbons (Fsp3) is 0. The third kappa shape index (κ3) is 455. The zero-order chi connectivity index (χ0) is 3.58. The Morgan fingerprint density at radius 3 is 1.80 bits per heavy atom. The normalized spacial score (nSPS) is 4.80. The summed E-state index contributed by atoms with van der Waals surface area (Å²) < 4.78 is 0. The average molecular weight is 304 g/mol. The van der Waals surface area contributed by atoms with E-state index in [4.69, 9.17) is 15.3 Å². The summed E-state index contributed by atoms with van der Waals surface area (Å²) in [6.45, 7) is 0. The van der Waals surface area contributed by atoms with Gasteiger partial charge in [0.15, 0.2) is 0 Å². The van der Waals surface area contributed by atoms with Gasteiger partial charge in [-0.15, -0.1) is 10.1 Å². The van der Waals surface area contributed by atoms with Gasteiger partial charge in [-0.25, -0.2) is 0 Å². The molecule has 1 radical (unpaired) electrons. The molecule has 0 heterocycles. The van der Waals surface area contributed by atoms with E-state index in [1.807, 2.05) is 0 Å². The van der Waals surface area contributed by atoms with E-state index in [-0.39, 0.29) is 29.9 Å². The van der Waals surface area contributed by atoms with Crippen molar-refractivity contribution in [2.24, 2.45) is 0 Å². The van der Waals surface area contributed by atoms with Gasteiger partial charge in [-0.2, -0.15) is 0 Å². The first-order valence-electron chi connectivity index (χ1n) is 0.565. The molecular formula is H5NNpO3. The van der Waals surface area contributed by atoms with Gasteiger partial charge in [0.25, 0.3) is 5.09 Å². The summed E-state index contributed by atoms with van der Waals surface area (Å²) in [7, 11) is 0. The van der Waals surface area contributed by atoms with Gasteiger partial charge in [0.2, 0.25) is 0 Å². The number of nitrogens with zero attached hydrogens (tertiary/aromatic N) is 1. The van der Waals surface area contributed by atoms with Gasteiger partial charge in [-0.05, 0) is 0 Å². The number of hydrogen-bond acceptors (Lipinski definition) is 2. The SMILES string of the molecule is O=[N+]([O-])O.[NpH4]. The van der Waals surface area contributed by atoms with Crippen LogP contribution in [0, 0.1) is 40.1 Å². The molecule has 0 saturated heterocycles. The second-order valence-electron chi connectivity index (χ2n) is 0.238. The van der Waals surface area contributed by atoms with Crippen molar-refractivity contribution in [3.05, 3.63) is 10.1 Å². The first-order valence-corrected chi connectivity index (χ1v) is 0.565. The van der Waals surface area contributed by atoms with Crippen molar-refractivity contribution in [1.82, 2.24) is 0 Å². The first kappa shape index (κ1) is 8.96. The van der Waals surface area contributed by atoms with Gasteiger partial charge in [-0.3, -0.25) is 0 Å². The van der Waals surface area contributed by atoms with E-state index in [9.17, 15) is 0 Å². The van der Waals surface area contributed by atoms with E-state index in [0.717, 1.165) is 0 Å². The van der Waals surface area contributed by atoms with Gasteiger partial charge < -0.3 is 5.21 Å². The fourth-order valence-corrected chi connectivity index (χ4v) is 0. The second-order valence-corrected chi connectivity index (χ2v) is 0.238. The number of rotatable bonds is 0. The molecule has 0 spiro atoms. The van der Waals surface area contributed by atoms with Crippen molar-refractivity contribution in [3.63, 3.8) is 0 Å². The molecule has 0 rings (SSSR count). The van der Waals surface area contributed by atoms with Crippen LogP contribution in [0.2, 0.25) is 0 Å². The molecule has 0 unspecified atom stereocenters. The molecule has 0 saturated carbocycles. The maximum absolute atomic E-state index is 8.36. The Hall–Kier alpha value is 0.213. The molecule has 4 nitrogen and oxygen atoms in total. The molecule has 0 amide bonds. The minimum atomic E-state index is -1.50. The molecule has 0 fully saturated rings. The summed E-state index contributed by atoms with van der Waals surface area (Å²) >= 11 is 0. The van der Waals surface area contributed by atoms with Crippen molar-refractivity contribution < 1.29 is 40.2 Å². The van der Waals surface area contributed by atoms with Crippen LogP contribution in [-0.2, 0) is 0 Å². The van der Waals surface area contributed by atoms with E-state index in [0.29, 0.717) is 0 Å². The minimum absolute atomic E-state index is 0. The molecule has 0 aromatic rings. The van der Waals surface area contributed by atoms with Crippen LogP contribution in [0.1, 0.15) is 0 Å². The average Bonchev–Trinajstić information content (AvgIpc) is 0.811. The van der Waals surface area contributed by atoms with Crippen molar-refractivity contribution in [2.45, 2.75) is 0 Å². The molecule has 5 heavy (non-hydrogen) atoms. The summed E-state index contributed by atoms with van der Waals surface area (Å²) in [6.07, 6.45) is 0. The van der Waals surface area contributed by atoms with Crippen LogP contribution >= 0.6 is 0 Å². The molecule has 0 aliphatic carbocycles. The summed E-state index contributed by atoms with van der Waals surface area (Å²) in [5.41, 5.74) is 0. The van der Waals surface area contributed by atoms with Crippen LogP contribution in [0.15, 0.2) is 0 Å². The second kappa shape index (κ2) is 4.21. The van der Waals surface area contributed by atoms with Crippen molar-refractivity contribution >= 4 is 0 Å².